The van der Waals surface area contributed by atoms with E-state index in [1.165, 1.54) is 12.1 Å². The third kappa shape index (κ3) is 4.86. The minimum Gasteiger partial charge on any atom is -0.379 e. The summed E-state index contributed by atoms with van der Waals surface area (Å²) in [7, 11) is 0. The summed E-state index contributed by atoms with van der Waals surface area (Å²) >= 11 is 5.85. The lowest BCUT2D eigenvalue weighted by Crippen LogP contribution is -2.26. The van der Waals surface area contributed by atoms with Crippen LogP contribution in [0.5, 0.6) is 0 Å². The van der Waals surface area contributed by atoms with E-state index in [1.807, 2.05) is 13.8 Å². The molecule has 1 saturated heterocycles. The lowest BCUT2D eigenvalue weighted by molar-refractivity contribution is 0.0940. The summed E-state index contributed by atoms with van der Waals surface area (Å²) in [5.41, 5.74) is 2.08. The predicted molar refractivity (Wildman–Crippen MR) is 116 cm³/mol. The summed E-state index contributed by atoms with van der Waals surface area (Å²) in [5.74, 6) is 0.474. The number of nitrogens with zero attached hydrogens (tertiary/aromatic N) is 3. The first-order chi connectivity index (χ1) is 14.9. The van der Waals surface area contributed by atoms with Gasteiger partial charge in [-0.1, -0.05) is 17.7 Å². The van der Waals surface area contributed by atoms with Crippen LogP contribution >= 0.6 is 11.6 Å². The number of halogens is 2. The molecule has 9 heteroatoms. The van der Waals surface area contributed by atoms with Crippen LogP contribution in [0.2, 0.25) is 5.02 Å². The SMILES string of the molecule is Cc1cnc(NC2CCOC2)nc1-n1ccc(C(=O)N[C@H](C)c2ccc(F)c(Cl)c2)c1. The highest BCUT2D eigenvalue weighted by atomic mass is 35.5. The van der Waals surface area contributed by atoms with Crippen molar-refractivity contribution in [3.05, 3.63) is 70.4 Å². The lowest BCUT2D eigenvalue weighted by Gasteiger charge is -2.14. The number of aryl methyl sites for hydroxylation is 1. The standard InChI is InChI=1S/C22H23ClFN5O2/c1-13-10-25-22(27-17-6-8-31-12-17)28-20(13)29-7-5-16(11-29)21(30)26-14(2)15-3-4-19(24)18(23)9-15/h3-5,7,9-11,14,17H,6,8,12H2,1-2H3,(H,26,30)(H,25,27,28)/t14-,17?/m1/s1. The van der Waals surface area contributed by atoms with Gasteiger partial charge >= 0.3 is 0 Å². The van der Waals surface area contributed by atoms with E-state index in [2.05, 4.69) is 20.6 Å². The lowest BCUT2D eigenvalue weighted by atomic mass is 10.1. The van der Waals surface area contributed by atoms with E-state index in [9.17, 15) is 9.18 Å². The number of carbonyl (C=O) groups excluding carboxylic acids is 1. The molecule has 1 fully saturated rings. The molecule has 1 unspecified atom stereocenters. The molecule has 4 rings (SSSR count). The van der Waals surface area contributed by atoms with E-state index in [4.69, 9.17) is 16.3 Å². The summed E-state index contributed by atoms with van der Waals surface area (Å²) in [6, 6.07) is 5.99. The molecule has 2 aromatic heterocycles. The number of rotatable bonds is 6. The molecule has 3 heterocycles. The Hall–Kier alpha value is -2.97. The van der Waals surface area contributed by atoms with Gasteiger partial charge in [-0.25, -0.2) is 9.37 Å². The first-order valence-electron chi connectivity index (χ1n) is 10.0. The predicted octanol–water partition coefficient (Wildman–Crippen LogP) is 4.06. The smallest absolute Gasteiger partial charge is 0.253 e. The Kier molecular flexibility index (Phi) is 6.20. The molecule has 7 nitrogen and oxygen atoms in total. The van der Waals surface area contributed by atoms with Crippen LogP contribution < -0.4 is 10.6 Å². The fourth-order valence-electron chi connectivity index (χ4n) is 3.40. The summed E-state index contributed by atoms with van der Waals surface area (Å²) in [5, 5.41) is 6.21. The van der Waals surface area contributed by atoms with Gasteiger partial charge in [0.1, 0.15) is 11.6 Å². The number of nitrogens with one attached hydrogen (secondary N) is 2. The molecule has 1 aliphatic heterocycles. The second-order valence-corrected chi connectivity index (χ2v) is 7.99. The Bertz CT molecular complexity index is 1100. The number of carbonyl (C=O) groups is 1. The van der Waals surface area contributed by atoms with Gasteiger partial charge in [-0.15, -0.1) is 0 Å². The van der Waals surface area contributed by atoms with Gasteiger partial charge in [0.25, 0.3) is 5.91 Å². The molecule has 1 aromatic carbocycles. The van der Waals surface area contributed by atoms with Crippen molar-refractivity contribution >= 4 is 23.5 Å². The monoisotopic (exact) mass is 443 g/mol. The molecule has 2 atom stereocenters. The van der Waals surface area contributed by atoms with Gasteiger partial charge in [-0.05, 0) is 44.0 Å². The zero-order chi connectivity index (χ0) is 22.0. The number of anilines is 1. The maximum Gasteiger partial charge on any atom is 0.253 e. The Morgan fingerprint density at radius 3 is 2.97 bits per heavy atom. The summed E-state index contributed by atoms with van der Waals surface area (Å²) in [6.07, 6.45) is 6.17. The van der Waals surface area contributed by atoms with Crippen LogP contribution in [-0.4, -0.2) is 39.7 Å². The van der Waals surface area contributed by atoms with Crippen LogP contribution in [0.3, 0.4) is 0 Å². The van der Waals surface area contributed by atoms with Crippen LogP contribution in [0, 0.1) is 12.7 Å². The largest absolute Gasteiger partial charge is 0.379 e. The van der Waals surface area contributed by atoms with E-state index in [1.54, 1.807) is 35.3 Å². The maximum absolute atomic E-state index is 13.4. The Morgan fingerprint density at radius 2 is 2.23 bits per heavy atom. The van der Waals surface area contributed by atoms with E-state index in [0.29, 0.717) is 23.9 Å². The van der Waals surface area contributed by atoms with E-state index < -0.39 is 5.82 Å². The van der Waals surface area contributed by atoms with Crippen LogP contribution in [0.1, 0.15) is 40.9 Å². The van der Waals surface area contributed by atoms with Crippen LogP contribution in [0.4, 0.5) is 10.3 Å². The fraction of sp³-hybridized carbons (Fsp3) is 0.318. The molecular weight excluding hydrogens is 421 g/mol. The highest BCUT2D eigenvalue weighted by molar-refractivity contribution is 6.30. The molecule has 1 aliphatic rings. The summed E-state index contributed by atoms with van der Waals surface area (Å²) in [4.78, 5) is 21.7. The second-order valence-electron chi connectivity index (χ2n) is 7.58. The average Bonchev–Trinajstić information content (AvgIpc) is 3.43. The van der Waals surface area contributed by atoms with Gasteiger partial charge in [-0.2, -0.15) is 4.98 Å². The molecule has 0 aliphatic carbocycles. The molecule has 0 radical (unpaired) electrons. The first-order valence-corrected chi connectivity index (χ1v) is 10.4. The van der Waals surface area contributed by atoms with Gasteiger partial charge in [0.2, 0.25) is 5.95 Å². The van der Waals surface area contributed by atoms with Crippen molar-refractivity contribution in [2.24, 2.45) is 0 Å². The van der Waals surface area contributed by atoms with Gasteiger partial charge in [-0.3, -0.25) is 4.79 Å². The number of ether oxygens (including phenoxy) is 1. The zero-order valence-corrected chi connectivity index (χ0v) is 18.0. The van der Waals surface area contributed by atoms with Crippen molar-refractivity contribution in [2.75, 3.05) is 18.5 Å². The van der Waals surface area contributed by atoms with E-state index >= 15 is 0 Å². The third-order valence-electron chi connectivity index (χ3n) is 5.20. The van der Waals surface area contributed by atoms with Gasteiger partial charge < -0.3 is 19.9 Å². The highest BCUT2D eigenvalue weighted by Gasteiger charge is 2.18. The molecule has 162 valence electrons. The van der Waals surface area contributed by atoms with Gasteiger partial charge in [0, 0.05) is 30.8 Å². The molecular formula is C22H23ClFN5O2. The Morgan fingerprint density at radius 1 is 1.39 bits per heavy atom. The van der Waals surface area contributed by atoms with Crippen molar-refractivity contribution in [3.8, 4) is 5.82 Å². The van der Waals surface area contributed by atoms with Gasteiger partial charge in [0.05, 0.1) is 29.3 Å². The minimum absolute atomic E-state index is 0.0255. The highest BCUT2D eigenvalue weighted by Crippen LogP contribution is 2.21. The Balaban J connectivity index is 1.48. The van der Waals surface area contributed by atoms with Crippen molar-refractivity contribution in [1.29, 1.82) is 0 Å². The topological polar surface area (TPSA) is 81.1 Å². The third-order valence-corrected chi connectivity index (χ3v) is 5.49. The quantitative estimate of drug-likeness (QED) is 0.600. The van der Waals surface area contributed by atoms with E-state index in [-0.39, 0.29) is 23.0 Å². The van der Waals surface area contributed by atoms with Crippen molar-refractivity contribution < 1.29 is 13.9 Å². The molecule has 31 heavy (non-hydrogen) atoms. The normalized spacial score (nSPS) is 16.8. The molecule has 0 spiro atoms. The number of aromatic nitrogens is 3. The molecule has 0 saturated carbocycles. The molecule has 2 N–H and O–H groups in total. The summed E-state index contributed by atoms with van der Waals surface area (Å²) < 4.78 is 20.6. The first kappa shape index (κ1) is 21.3. The van der Waals surface area contributed by atoms with Crippen molar-refractivity contribution in [3.63, 3.8) is 0 Å². The maximum atomic E-state index is 13.4. The number of hydrogen-bond acceptors (Lipinski definition) is 5. The second kappa shape index (κ2) is 9.03. The molecule has 0 bridgehead atoms. The van der Waals surface area contributed by atoms with E-state index in [0.717, 1.165) is 24.2 Å². The number of amides is 1. The van der Waals surface area contributed by atoms with Crippen molar-refractivity contribution in [2.45, 2.75) is 32.4 Å². The molecule has 3 aromatic rings. The molecule has 1 amide bonds. The van der Waals surface area contributed by atoms with Crippen LogP contribution in [-0.2, 0) is 4.74 Å². The van der Waals surface area contributed by atoms with Crippen LogP contribution in [0.15, 0.2) is 42.9 Å². The summed E-state index contributed by atoms with van der Waals surface area (Å²) in [6.45, 7) is 5.10. The van der Waals surface area contributed by atoms with Crippen LogP contribution in [0.25, 0.3) is 5.82 Å². The minimum atomic E-state index is -0.490. The average molecular weight is 444 g/mol. The van der Waals surface area contributed by atoms with Gasteiger partial charge in [0.15, 0.2) is 0 Å². The fourth-order valence-corrected chi connectivity index (χ4v) is 3.59. The number of benzene rings is 1. The number of hydrogen-bond donors (Lipinski definition) is 2. The Labute approximate surface area is 184 Å². The van der Waals surface area contributed by atoms with Crippen molar-refractivity contribution in [1.82, 2.24) is 19.9 Å². The zero-order valence-electron chi connectivity index (χ0n) is 17.2.